The zero-order valence-corrected chi connectivity index (χ0v) is 13.4. The van der Waals surface area contributed by atoms with Gasteiger partial charge in [0.05, 0.1) is 0 Å². The van der Waals surface area contributed by atoms with Crippen LogP contribution >= 0.6 is 0 Å². The van der Waals surface area contributed by atoms with Gasteiger partial charge in [-0.15, -0.1) is 0 Å². The van der Waals surface area contributed by atoms with E-state index in [9.17, 15) is 4.79 Å². The summed E-state index contributed by atoms with van der Waals surface area (Å²) in [6.07, 6.45) is 5.73. The number of carbonyl (C=O) groups excluding carboxylic acids is 1. The molecule has 2 atom stereocenters. The lowest BCUT2D eigenvalue weighted by molar-refractivity contribution is 0.0921. The molecular weight excluding hydrogens is 262 g/mol. The van der Waals surface area contributed by atoms with Gasteiger partial charge in [0.1, 0.15) is 5.82 Å². The molecule has 0 bridgehead atoms. The van der Waals surface area contributed by atoms with Crippen LogP contribution in [0.15, 0.2) is 12.1 Å². The van der Waals surface area contributed by atoms with Crippen LogP contribution in [-0.2, 0) is 0 Å². The van der Waals surface area contributed by atoms with E-state index in [2.05, 4.69) is 29.5 Å². The van der Waals surface area contributed by atoms with E-state index >= 15 is 0 Å². The zero-order valence-electron chi connectivity index (χ0n) is 13.4. The van der Waals surface area contributed by atoms with Crippen molar-refractivity contribution >= 4 is 11.7 Å². The molecule has 0 aromatic carbocycles. The van der Waals surface area contributed by atoms with Crippen LogP contribution in [0.2, 0.25) is 0 Å². The third-order valence-corrected chi connectivity index (χ3v) is 4.04. The summed E-state index contributed by atoms with van der Waals surface area (Å²) in [5, 5.41) is 6.43. The van der Waals surface area contributed by atoms with Gasteiger partial charge >= 0.3 is 0 Å². The molecule has 1 aliphatic carbocycles. The maximum atomic E-state index is 12.4. The van der Waals surface area contributed by atoms with Crippen molar-refractivity contribution < 1.29 is 4.79 Å². The maximum absolute atomic E-state index is 12.4. The molecule has 1 saturated carbocycles. The molecule has 116 valence electrons. The van der Waals surface area contributed by atoms with Gasteiger partial charge in [-0.3, -0.25) is 4.79 Å². The van der Waals surface area contributed by atoms with Crippen LogP contribution in [-0.4, -0.2) is 23.5 Å². The predicted octanol–water partition coefficient (Wildman–Crippen LogP) is 3.52. The highest BCUT2D eigenvalue weighted by Gasteiger charge is 2.21. The first-order valence-electron chi connectivity index (χ1n) is 8.12. The zero-order chi connectivity index (χ0) is 15.2. The van der Waals surface area contributed by atoms with Crippen molar-refractivity contribution in [2.24, 2.45) is 5.92 Å². The molecule has 1 aromatic rings. The molecular formula is C17H27N3O. The van der Waals surface area contributed by atoms with Crippen LogP contribution in [0.5, 0.6) is 0 Å². The number of aryl methyl sites for hydroxylation is 1. The first kappa shape index (κ1) is 15.8. The predicted molar refractivity (Wildman–Crippen MR) is 86.6 cm³/mol. The molecule has 4 heteroatoms. The number of hydrogen-bond donors (Lipinski definition) is 2. The van der Waals surface area contributed by atoms with Crippen molar-refractivity contribution in [2.75, 3.05) is 11.9 Å². The Hall–Kier alpha value is -1.58. The first-order valence-corrected chi connectivity index (χ1v) is 8.12. The Kier molecular flexibility index (Phi) is 5.59. The fourth-order valence-corrected chi connectivity index (χ4v) is 2.98. The Morgan fingerprint density at radius 3 is 2.90 bits per heavy atom. The second-order valence-corrected chi connectivity index (χ2v) is 6.25. The average Bonchev–Trinajstić information content (AvgIpc) is 2.44. The lowest BCUT2D eigenvalue weighted by atomic mass is 9.87. The SMILES string of the molecule is CCCNc1cc(C(=O)NC2CCCC(C)C2)cc(C)n1. The minimum Gasteiger partial charge on any atom is -0.370 e. The number of aromatic nitrogens is 1. The van der Waals surface area contributed by atoms with Crippen LogP contribution in [0, 0.1) is 12.8 Å². The van der Waals surface area contributed by atoms with Crippen LogP contribution in [0.25, 0.3) is 0 Å². The first-order chi connectivity index (χ1) is 10.1. The molecule has 0 saturated heterocycles. The summed E-state index contributed by atoms with van der Waals surface area (Å²) < 4.78 is 0. The van der Waals surface area contributed by atoms with E-state index in [1.54, 1.807) is 0 Å². The van der Waals surface area contributed by atoms with Crippen molar-refractivity contribution in [3.8, 4) is 0 Å². The van der Waals surface area contributed by atoms with E-state index in [1.807, 2.05) is 19.1 Å². The third-order valence-electron chi connectivity index (χ3n) is 4.04. The molecule has 0 radical (unpaired) electrons. The molecule has 2 rings (SSSR count). The number of rotatable bonds is 5. The molecule has 4 nitrogen and oxygen atoms in total. The van der Waals surface area contributed by atoms with Crippen molar-refractivity contribution in [2.45, 2.75) is 58.9 Å². The van der Waals surface area contributed by atoms with Gasteiger partial charge in [0, 0.05) is 23.8 Å². The van der Waals surface area contributed by atoms with Crippen LogP contribution in [0.3, 0.4) is 0 Å². The van der Waals surface area contributed by atoms with Gasteiger partial charge in [-0.05, 0) is 44.2 Å². The van der Waals surface area contributed by atoms with Gasteiger partial charge in [0.25, 0.3) is 5.91 Å². The van der Waals surface area contributed by atoms with E-state index in [-0.39, 0.29) is 5.91 Å². The number of amides is 1. The Morgan fingerprint density at radius 1 is 1.38 bits per heavy atom. The van der Waals surface area contributed by atoms with Gasteiger partial charge in [-0.25, -0.2) is 4.98 Å². The largest absolute Gasteiger partial charge is 0.370 e. The highest BCUT2D eigenvalue weighted by atomic mass is 16.1. The van der Waals surface area contributed by atoms with E-state index < -0.39 is 0 Å². The van der Waals surface area contributed by atoms with Gasteiger partial charge in [-0.1, -0.05) is 26.7 Å². The van der Waals surface area contributed by atoms with Crippen LogP contribution in [0.4, 0.5) is 5.82 Å². The lowest BCUT2D eigenvalue weighted by Crippen LogP contribution is -2.38. The monoisotopic (exact) mass is 289 g/mol. The fraction of sp³-hybridized carbons (Fsp3) is 0.647. The summed E-state index contributed by atoms with van der Waals surface area (Å²) in [6.45, 7) is 7.18. The number of nitrogens with zero attached hydrogens (tertiary/aromatic N) is 1. The quantitative estimate of drug-likeness (QED) is 0.872. The summed E-state index contributed by atoms with van der Waals surface area (Å²) in [4.78, 5) is 16.9. The standard InChI is InChI=1S/C17H27N3O/c1-4-8-18-16-11-14(10-13(3)19-16)17(21)20-15-7-5-6-12(2)9-15/h10-12,15H,4-9H2,1-3H3,(H,18,19)(H,20,21). The fourth-order valence-electron chi connectivity index (χ4n) is 2.98. The second kappa shape index (κ2) is 7.43. The Morgan fingerprint density at radius 2 is 2.19 bits per heavy atom. The van der Waals surface area contributed by atoms with Crippen molar-refractivity contribution in [3.63, 3.8) is 0 Å². The Balaban J connectivity index is 2.02. The third kappa shape index (κ3) is 4.73. The Bertz CT molecular complexity index is 487. The summed E-state index contributed by atoms with van der Waals surface area (Å²) in [5.74, 6) is 1.53. The van der Waals surface area contributed by atoms with Crippen LogP contribution < -0.4 is 10.6 Å². The molecule has 0 spiro atoms. The van der Waals surface area contributed by atoms with Crippen LogP contribution in [0.1, 0.15) is 62.0 Å². The lowest BCUT2D eigenvalue weighted by Gasteiger charge is -2.27. The molecule has 1 amide bonds. The van der Waals surface area contributed by atoms with E-state index in [1.165, 1.54) is 12.8 Å². The molecule has 1 aliphatic rings. The number of pyridine rings is 1. The van der Waals surface area contributed by atoms with Gasteiger partial charge in [0.2, 0.25) is 0 Å². The maximum Gasteiger partial charge on any atom is 0.251 e. The number of nitrogens with one attached hydrogen (secondary N) is 2. The summed E-state index contributed by atoms with van der Waals surface area (Å²) in [6, 6.07) is 4.03. The summed E-state index contributed by atoms with van der Waals surface area (Å²) in [7, 11) is 0. The highest BCUT2D eigenvalue weighted by Crippen LogP contribution is 2.23. The van der Waals surface area contributed by atoms with E-state index in [0.717, 1.165) is 37.3 Å². The van der Waals surface area contributed by atoms with Gasteiger partial charge in [-0.2, -0.15) is 0 Å². The molecule has 1 heterocycles. The van der Waals surface area contributed by atoms with Gasteiger partial charge in [0.15, 0.2) is 0 Å². The minimum absolute atomic E-state index is 0.0270. The van der Waals surface area contributed by atoms with Crippen molar-refractivity contribution in [1.82, 2.24) is 10.3 Å². The topological polar surface area (TPSA) is 54.0 Å². The molecule has 1 aromatic heterocycles. The summed E-state index contributed by atoms with van der Waals surface area (Å²) in [5.41, 5.74) is 1.58. The minimum atomic E-state index is 0.0270. The van der Waals surface area contributed by atoms with Crippen molar-refractivity contribution in [1.29, 1.82) is 0 Å². The molecule has 2 N–H and O–H groups in total. The van der Waals surface area contributed by atoms with E-state index in [0.29, 0.717) is 17.5 Å². The Labute approximate surface area is 127 Å². The smallest absolute Gasteiger partial charge is 0.251 e. The van der Waals surface area contributed by atoms with Crippen molar-refractivity contribution in [3.05, 3.63) is 23.4 Å². The number of carbonyl (C=O) groups is 1. The van der Waals surface area contributed by atoms with Gasteiger partial charge < -0.3 is 10.6 Å². The normalized spacial score (nSPS) is 21.9. The molecule has 0 aliphatic heterocycles. The number of anilines is 1. The average molecular weight is 289 g/mol. The second-order valence-electron chi connectivity index (χ2n) is 6.25. The highest BCUT2D eigenvalue weighted by molar-refractivity contribution is 5.95. The summed E-state index contributed by atoms with van der Waals surface area (Å²) >= 11 is 0. The molecule has 2 unspecified atom stereocenters. The van der Waals surface area contributed by atoms with E-state index in [4.69, 9.17) is 0 Å². The number of hydrogen-bond acceptors (Lipinski definition) is 3. The molecule has 21 heavy (non-hydrogen) atoms. The molecule has 1 fully saturated rings.